The van der Waals surface area contributed by atoms with Crippen LogP contribution in [0.3, 0.4) is 0 Å². The van der Waals surface area contributed by atoms with Crippen molar-refractivity contribution < 1.29 is 0 Å². The summed E-state index contributed by atoms with van der Waals surface area (Å²) in [6.45, 7) is 7.14. The predicted molar refractivity (Wildman–Crippen MR) is 84.9 cm³/mol. The molecule has 0 saturated carbocycles. The molecule has 1 saturated heterocycles. The number of nitrogens with one attached hydrogen (secondary N) is 1. The van der Waals surface area contributed by atoms with Gasteiger partial charge in [0.15, 0.2) is 0 Å². The minimum absolute atomic E-state index is 0.730. The van der Waals surface area contributed by atoms with Gasteiger partial charge in [0.05, 0.1) is 0 Å². The lowest BCUT2D eigenvalue weighted by Gasteiger charge is -2.18. The first-order valence-corrected chi connectivity index (χ1v) is 8.50. The zero-order valence-electron chi connectivity index (χ0n) is 12.0. The summed E-state index contributed by atoms with van der Waals surface area (Å²) in [4.78, 5) is 3.95. The number of nitrogens with zero attached hydrogens (tertiary/aromatic N) is 1. The molecule has 1 fully saturated rings. The molecule has 106 valence electrons. The molecule has 1 aromatic carbocycles. The van der Waals surface area contributed by atoms with Gasteiger partial charge in [0.2, 0.25) is 0 Å². The van der Waals surface area contributed by atoms with E-state index in [-0.39, 0.29) is 0 Å². The van der Waals surface area contributed by atoms with Crippen LogP contribution >= 0.6 is 11.8 Å². The van der Waals surface area contributed by atoms with Gasteiger partial charge in [-0.25, -0.2) is 0 Å². The van der Waals surface area contributed by atoms with Crippen LogP contribution in [0, 0.1) is 0 Å². The molecule has 3 heteroatoms. The van der Waals surface area contributed by atoms with E-state index >= 15 is 0 Å². The Morgan fingerprint density at radius 1 is 1.21 bits per heavy atom. The van der Waals surface area contributed by atoms with Crippen molar-refractivity contribution in [2.45, 2.75) is 37.1 Å². The molecule has 1 unspecified atom stereocenters. The van der Waals surface area contributed by atoms with Crippen LogP contribution < -0.4 is 5.32 Å². The van der Waals surface area contributed by atoms with Gasteiger partial charge in [0.1, 0.15) is 0 Å². The third-order valence-electron chi connectivity index (χ3n) is 3.81. The molecule has 2 nitrogen and oxygen atoms in total. The molecule has 1 aromatic rings. The first-order chi connectivity index (χ1) is 9.38. The first kappa shape index (κ1) is 14.9. The molecular formula is C16H26N2S. The summed E-state index contributed by atoms with van der Waals surface area (Å²) in [6.07, 6.45) is 3.99. The van der Waals surface area contributed by atoms with E-state index in [1.807, 2.05) is 11.8 Å². The molecule has 0 spiro atoms. The minimum atomic E-state index is 0.730. The highest BCUT2D eigenvalue weighted by molar-refractivity contribution is 7.99. The SMILES string of the molecule is CCN1CCCC(NCCSc2ccccc2)CC1. The second kappa shape index (κ2) is 8.62. The molecule has 0 bridgehead atoms. The highest BCUT2D eigenvalue weighted by Gasteiger charge is 2.14. The number of likely N-dealkylation sites (tertiary alicyclic amines) is 1. The van der Waals surface area contributed by atoms with Crippen molar-refractivity contribution in [2.75, 3.05) is 31.9 Å². The van der Waals surface area contributed by atoms with Crippen LogP contribution in [0.15, 0.2) is 35.2 Å². The fourth-order valence-electron chi connectivity index (χ4n) is 2.62. The number of hydrogen-bond acceptors (Lipinski definition) is 3. The standard InChI is InChI=1S/C16H26N2S/c1-2-18-12-6-7-15(10-13-18)17-11-14-19-16-8-4-3-5-9-16/h3-5,8-9,15,17H,2,6-7,10-14H2,1H3. The summed E-state index contributed by atoms with van der Waals surface area (Å²) in [5.74, 6) is 1.16. The lowest BCUT2D eigenvalue weighted by molar-refractivity contribution is 0.297. The van der Waals surface area contributed by atoms with E-state index in [9.17, 15) is 0 Å². The minimum Gasteiger partial charge on any atom is -0.313 e. The number of benzene rings is 1. The summed E-state index contributed by atoms with van der Waals surface area (Å²) in [5, 5.41) is 3.73. The molecule has 1 aliphatic rings. The van der Waals surface area contributed by atoms with Crippen molar-refractivity contribution in [1.29, 1.82) is 0 Å². The second-order valence-corrected chi connectivity index (χ2v) is 6.35. The summed E-state index contributed by atoms with van der Waals surface area (Å²) in [7, 11) is 0. The van der Waals surface area contributed by atoms with Gasteiger partial charge in [-0.15, -0.1) is 11.8 Å². The van der Waals surface area contributed by atoms with Crippen molar-refractivity contribution in [3.8, 4) is 0 Å². The number of hydrogen-bond donors (Lipinski definition) is 1. The van der Waals surface area contributed by atoms with Crippen LogP contribution in [0.1, 0.15) is 26.2 Å². The maximum absolute atomic E-state index is 3.73. The van der Waals surface area contributed by atoms with E-state index in [1.54, 1.807) is 0 Å². The predicted octanol–water partition coefficient (Wildman–Crippen LogP) is 3.24. The Labute approximate surface area is 122 Å². The van der Waals surface area contributed by atoms with Gasteiger partial charge >= 0.3 is 0 Å². The van der Waals surface area contributed by atoms with Gasteiger partial charge in [-0.2, -0.15) is 0 Å². The second-order valence-electron chi connectivity index (χ2n) is 5.18. The molecule has 1 heterocycles. The van der Waals surface area contributed by atoms with Gasteiger partial charge in [-0.05, 0) is 51.0 Å². The molecule has 2 rings (SSSR count). The van der Waals surface area contributed by atoms with E-state index in [4.69, 9.17) is 0 Å². The molecule has 1 N–H and O–H groups in total. The summed E-state index contributed by atoms with van der Waals surface area (Å²) in [5.41, 5.74) is 0. The summed E-state index contributed by atoms with van der Waals surface area (Å²) in [6, 6.07) is 11.4. The van der Waals surface area contributed by atoms with Crippen LogP contribution in [0.5, 0.6) is 0 Å². The fourth-order valence-corrected chi connectivity index (χ4v) is 3.43. The smallest absolute Gasteiger partial charge is 0.0106 e. The van der Waals surface area contributed by atoms with Crippen LogP contribution in [0.25, 0.3) is 0 Å². The lowest BCUT2D eigenvalue weighted by Crippen LogP contribution is -2.32. The van der Waals surface area contributed by atoms with E-state index in [2.05, 4.69) is 47.5 Å². The molecule has 1 aliphatic heterocycles. The largest absolute Gasteiger partial charge is 0.313 e. The van der Waals surface area contributed by atoms with Crippen molar-refractivity contribution in [3.63, 3.8) is 0 Å². The Morgan fingerprint density at radius 2 is 2.05 bits per heavy atom. The Bertz CT molecular complexity index is 342. The van der Waals surface area contributed by atoms with Crippen LogP contribution in [-0.2, 0) is 0 Å². The molecule has 0 radical (unpaired) electrons. The maximum Gasteiger partial charge on any atom is 0.0106 e. The highest BCUT2D eigenvalue weighted by Crippen LogP contribution is 2.16. The normalized spacial score (nSPS) is 21.2. The Hall–Kier alpha value is -0.510. The zero-order chi connectivity index (χ0) is 13.3. The van der Waals surface area contributed by atoms with Crippen LogP contribution in [0.2, 0.25) is 0 Å². The summed E-state index contributed by atoms with van der Waals surface area (Å²) >= 11 is 1.95. The first-order valence-electron chi connectivity index (χ1n) is 7.52. The van der Waals surface area contributed by atoms with Crippen LogP contribution in [-0.4, -0.2) is 42.9 Å². The molecule has 19 heavy (non-hydrogen) atoms. The monoisotopic (exact) mass is 278 g/mol. The lowest BCUT2D eigenvalue weighted by atomic mass is 10.1. The molecule has 0 aromatic heterocycles. The van der Waals surface area contributed by atoms with E-state index in [0.717, 1.165) is 18.3 Å². The molecule has 0 amide bonds. The van der Waals surface area contributed by atoms with Gasteiger partial charge in [0, 0.05) is 23.2 Å². The topological polar surface area (TPSA) is 15.3 Å². The van der Waals surface area contributed by atoms with E-state index < -0.39 is 0 Å². The van der Waals surface area contributed by atoms with Crippen LogP contribution in [0.4, 0.5) is 0 Å². The number of rotatable bonds is 6. The third-order valence-corrected chi connectivity index (χ3v) is 4.83. The van der Waals surface area contributed by atoms with Gasteiger partial charge in [-0.1, -0.05) is 25.1 Å². The quantitative estimate of drug-likeness (QED) is 0.635. The Balaban J connectivity index is 1.60. The fraction of sp³-hybridized carbons (Fsp3) is 0.625. The van der Waals surface area contributed by atoms with Crippen molar-refractivity contribution in [2.24, 2.45) is 0 Å². The van der Waals surface area contributed by atoms with Crippen molar-refractivity contribution in [3.05, 3.63) is 30.3 Å². The molecule has 0 aliphatic carbocycles. The van der Waals surface area contributed by atoms with E-state index in [0.29, 0.717) is 0 Å². The highest BCUT2D eigenvalue weighted by atomic mass is 32.2. The Morgan fingerprint density at radius 3 is 2.84 bits per heavy atom. The number of thioether (sulfide) groups is 1. The van der Waals surface area contributed by atoms with Crippen molar-refractivity contribution >= 4 is 11.8 Å². The van der Waals surface area contributed by atoms with E-state index in [1.165, 1.54) is 43.8 Å². The van der Waals surface area contributed by atoms with Gasteiger partial charge < -0.3 is 10.2 Å². The van der Waals surface area contributed by atoms with Gasteiger partial charge in [0.25, 0.3) is 0 Å². The molecular weight excluding hydrogens is 252 g/mol. The maximum atomic E-state index is 3.73. The third kappa shape index (κ3) is 5.55. The average molecular weight is 278 g/mol. The Kier molecular flexibility index (Phi) is 6.75. The molecule has 1 atom stereocenters. The summed E-state index contributed by atoms with van der Waals surface area (Å²) < 4.78 is 0. The zero-order valence-corrected chi connectivity index (χ0v) is 12.8. The van der Waals surface area contributed by atoms with Crippen molar-refractivity contribution in [1.82, 2.24) is 10.2 Å². The average Bonchev–Trinajstić information content (AvgIpc) is 2.70. The van der Waals surface area contributed by atoms with Gasteiger partial charge in [-0.3, -0.25) is 0 Å².